The zero-order valence-electron chi connectivity index (χ0n) is 6.48. The number of amidine groups is 1. The lowest BCUT2D eigenvalue weighted by Gasteiger charge is -1.91. The summed E-state index contributed by atoms with van der Waals surface area (Å²) in [6.45, 7) is 0. The van der Waals surface area contributed by atoms with E-state index in [0.717, 1.165) is 0 Å². The second-order valence-corrected chi connectivity index (χ2v) is 3.71. The Bertz CT molecular complexity index is 292. The Morgan fingerprint density at radius 2 is 2.50 bits per heavy atom. The van der Waals surface area contributed by atoms with Crippen LogP contribution in [0.4, 0.5) is 0 Å². The molecule has 1 aromatic rings. The number of rotatable bonds is 1. The van der Waals surface area contributed by atoms with Crippen LogP contribution in [-0.2, 0) is 0 Å². The van der Waals surface area contributed by atoms with Crippen molar-refractivity contribution in [2.24, 2.45) is 10.7 Å². The first-order valence-corrected chi connectivity index (χ1v) is 5.30. The monoisotopic (exact) mass is 200 g/mol. The molecule has 0 saturated carbocycles. The van der Waals surface area contributed by atoms with Crippen molar-refractivity contribution in [3.05, 3.63) is 22.4 Å². The van der Waals surface area contributed by atoms with E-state index in [1.54, 1.807) is 12.3 Å². The molecule has 3 nitrogen and oxygen atoms in total. The van der Waals surface area contributed by atoms with Crippen LogP contribution in [-0.4, -0.2) is 17.3 Å². The molecule has 0 bridgehead atoms. The number of thiophene rings is 1. The van der Waals surface area contributed by atoms with E-state index in [9.17, 15) is 4.79 Å². The van der Waals surface area contributed by atoms with Crippen LogP contribution in [0.3, 0.4) is 0 Å². The molecule has 0 aromatic carbocycles. The lowest BCUT2D eigenvalue weighted by Crippen LogP contribution is -2.08. The van der Waals surface area contributed by atoms with E-state index in [2.05, 4.69) is 4.99 Å². The van der Waals surface area contributed by atoms with Gasteiger partial charge in [0.15, 0.2) is 5.17 Å². The van der Waals surface area contributed by atoms with E-state index in [-0.39, 0.29) is 5.91 Å². The molecule has 0 aliphatic carbocycles. The van der Waals surface area contributed by atoms with E-state index in [4.69, 9.17) is 5.73 Å². The van der Waals surface area contributed by atoms with Gasteiger partial charge in [0.25, 0.3) is 5.91 Å². The van der Waals surface area contributed by atoms with E-state index >= 15 is 0 Å². The lowest BCUT2D eigenvalue weighted by atomic mass is 10.4. The Morgan fingerprint density at radius 1 is 1.75 bits per heavy atom. The van der Waals surface area contributed by atoms with Crippen molar-refractivity contribution in [1.29, 1.82) is 0 Å². The molecule has 0 aliphatic heterocycles. The van der Waals surface area contributed by atoms with E-state index in [1.807, 2.05) is 11.4 Å². The predicted octanol–water partition coefficient (Wildman–Crippen LogP) is 1.57. The molecule has 1 heterocycles. The summed E-state index contributed by atoms with van der Waals surface area (Å²) in [5.74, 6) is -0.267. The Balaban J connectivity index is 2.74. The summed E-state index contributed by atoms with van der Waals surface area (Å²) in [5.41, 5.74) is 5.38. The third-order valence-corrected chi connectivity index (χ3v) is 2.52. The minimum absolute atomic E-state index is 0.267. The maximum Gasteiger partial charge on any atom is 0.289 e. The summed E-state index contributed by atoms with van der Waals surface area (Å²) in [6.07, 6.45) is 1.78. The van der Waals surface area contributed by atoms with Crippen LogP contribution in [0.15, 0.2) is 22.5 Å². The normalized spacial score (nSPS) is 11.6. The summed E-state index contributed by atoms with van der Waals surface area (Å²) in [5, 5.41) is 2.13. The highest BCUT2D eigenvalue weighted by atomic mass is 32.2. The first kappa shape index (κ1) is 9.28. The van der Waals surface area contributed by atoms with Crippen LogP contribution in [0.5, 0.6) is 0 Å². The van der Waals surface area contributed by atoms with Gasteiger partial charge in [-0.1, -0.05) is 17.8 Å². The molecule has 0 spiro atoms. The van der Waals surface area contributed by atoms with E-state index in [0.29, 0.717) is 10.0 Å². The molecule has 0 aliphatic rings. The largest absolute Gasteiger partial charge is 0.378 e. The maximum atomic E-state index is 11.2. The Hall–Kier alpha value is -0.810. The minimum atomic E-state index is -0.267. The van der Waals surface area contributed by atoms with Crippen molar-refractivity contribution in [2.75, 3.05) is 6.26 Å². The Morgan fingerprint density at radius 3 is 3.00 bits per heavy atom. The second kappa shape index (κ2) is 4.27. The highest BCUT2D eigenvalue weighted by Gasteiger charge is 2.04. The molecule has 2 N–H and O–H groups in total. The molecule has 0 radical (unpaired) electrons. The molecule has 5 heteroatoms. The number of aliphatic imine (C=N–C) groups is 1. The number of carbonyl (C=O) groups excluding carboxylic acids is 1. The van der Waals surface area contributed by atoms with Gasteiger partial charge in [0, 0.05) is 0 Å². The molecule has 1 aromatic heterocycles. The average molecular weight is 200 g/mol. The smallest absolute Gasteiger partial charge is 0.289 e. The molecule has 1 rings (SSSR count). The summed E-state index contributed by atoms with van der Waals surface area (Å²) in [4.78, 5) is 15.5. The summed E-state index contributed by atoms with van der Waals surface area (Å²) in [7, 11) is 0. The van der Waals surface area contributed by atoms with Gasteiger partial charge in [0.1, 0.15) is 0 Å². The third kappa shape index (κ3) is 2.35. The number of nitrogens with two attached hydrogens (primary N) is 1. The van der Waals surface area contributed by atoms with Crippen molar-refractivity contribution in [1.82, 2.24) is 0 Å². The highest BCUT2D eigenvalue weighted by molar-refractivity contribution is 8.13. The van der Waals surface area contributed by atoms with Gasteiger partial charge in [-0.3, -0.25) is 4.79 Å². The highest BCUT2D eigenvalue weighted by Crippen LogP contribution is 2.10. The number of nitrogens with zero attached hydrogens (tertiary/aromatic N) is 1. The molecule has 0 atom stereocenters. The van der Waals surface area contributed by atoms with Crippen molar-refractivity contribution >= 4 is 34.2 Å². The summed E-state index contributed by atoms with van der Waals surface area (Å²) in [6, 6.07) is 3.53. The molecule has 0 unspecified atom stereocenters. The van der Waals surface area contributed by atoms with Gasteiger partial charge in [-0.05, 0) is 17.7 Å². The fourth-order valence-corrected chi connectivity index (χ4v) is 1.38. The van der Waals surface area contributed by atoms with Gasteiger partial charge in [0.05, 0.1) is 4.88 Å². The first-order valence-electron chi connectivity index (χ1n) is 3.20. The van der Waals surface area contributed by atoms with Crippen LogP contribution in [0.25, 0.3) is 0 Å². The quantitative estimate of drug-likeness (QED) is 0.553. The van der Waals surface area contributed by atoms with Crippen molar-refractivity contribution in [2.45, 2.75) is 0 Å². The number of hydrogen-bond acceptors (Lipinski definition) is 3. The number of carbonyl (C=O) groups is 1. The average Bonchev–Trinajstić information content (AvgIpc) is 2.56. The Labute approximate surface area is 78.7 Å². The van der Waals surface area contributed by atoms with Gasteiger partial charge in [0.2, 0.25) is 0 Å². The molecule has 12 heavy (non-hydrogen) atoms. The molecular weight excluding hydrogens is 192 g/mol. The second-order valence-electron chi connectivity index (χ2n) is 1.94. The first-order chi connectivity index (χ1) is 5.74. The maximum absolute atomic E-state index is 11.2. The third-order valence-electron chi connectivity index (χ3n) is 1.15. The fraction of sp³-hybridized carbons (Fsp3) is 0.143. The minimum Gasteiger partial charge on any atom is -0.378 e. The van der Waals surface area contributed by atoms with Crippen molar-refractivity contribution < 1.29 is 4.79 Å². The fourth-order valence-electron chi connectivity index (χ4n) is 0.601. The Kier molecular flexibility index (Phi) is 3.31. The van der Waals surface area contributed by atoms with E-state index in [1.165, 1.54) is 23.1 Å². The number of hydrogen-bond donors (Lipinski definition) is 1. The van der Waals surface area contributed by atoms with Crippen LogP contribution in [0.2, 0.25) is 0 Å². The molecular formula is C7H8N2OS2. The standard InChI is InChI=1S/C7H8N2OS2/c1-11-7(8)9-6(10)5-3-2-4-12-5/h2-4H,1H3,(H2,8,9,10). The van der Waals surface area contributed by atoms with Gasteiger partial charge in [-0.25, -0.2) is 0 Å². The zero-order valence-corrected chi connectivity index (χ0v) is 8.11. The predicted molar refractivity (Wildman–Crippen MR) is 53.8 cm³/mol. The van der Waals surface area contributed by atoms with E-state index < -0.39 is 0 Å². The lowest BCUT2D eigenvalue weighted by molar-refractivity contribution is 0.101. The van der Waals surface area contributed by atoms with Crippen LogP contribution in [0.1, 0.15) is 9.67 Å². The molecule has 64 valence electrons. The molecule has 1 amide bonds. The SMILES string of the molecule is CSC(N)=NC(=O)c1cccs1. The van der Waals surface area contributed by atoms with Gasteiger partial charge >= 0.3 is 0 Å². The van der Waals surface area contributed by atoms with Crippen molar-refractivity contribution in [3.8, 4) is 0 Å². The number of thioether (sulfide) groups is 1. The van der Waals surface area contributed by atoms with Crippen LogP contribution in [0, 0.1) is 0 Å². The summed E-state index contributed by atoms with van der Waals surface area (Å²) < 4.78 is 0. The summed E-state index contributed by atoms with van der Waals surface area (Å²) >= 11 is 2.62. The van der Waals surface area contributed by atoms with Gasteiger partial charge < -0.3 is 5.73 Å². The van der Waals surface area contributed by atoms with Crippen LogP contribution < -0.4 is 5.73 Å². The topological polar surface area (TPSA) is 55.4 Å². The van der Waals surface area contributed by atoms with Gasteiger partial charge in [-0.15, -0.1) is 11.3 Å². The number of amides is 1. The zero-order chi connectivity index (χ0) is 8.97. The molecule has 0 saturated heterocycles. The van der Waals surface area contributed by atoms with Crippen LogP contribution >= 0.6 is 23.1 Å². The molecule has 0 fully saturated rings. The van der Waals surface area contributed by atoms with Gasteiger partial charge in [-0.2, -0.15) is 4.99 Å². The van der Waals surface area contributed by atoms with Crippen molar-refractivity contribution in [3.63, 3.8) is 0 Å².